The van der Waals surface area contributed by atoms with Crippen molar-refractivity contribution >= 4 is 64.8 Å². The second-order valence-electron chi connectivity index (χ2n) is 30.7. The molecule has 115 heavy (non-hydrogen) atoms. The average molecular weight is 1520 g/mol. The fraction of sp³-hybridized carbons (Fsp3) is 0.196. The van der Waals surface area contributed by atoms with Crippen LogP contribution in [0.5, 0.6) is 0 Å². The van der Waals surface area contributed by atoms with Gasteiger partial charge in [0.15, 0.2) is 0 Å². The number of rotatable bonds is 13. The lowest BCUT2D eigenvalue weighted by Crippen LogP contribution is -2.23. The fourth-order valence-corrected chi connectivity index (χ4v) is 16.3. The van der Waals surface area contributed by atoms with Crippen LogP contribution in [0, 0.1) is 23.8 Å². The second kappa shape index (κ2) is 33.3. The zero-order valence-corrected chi connectivity index (χ0v) is 66.4. The van der Waals surface area contributed by atoms with Gasteiger partial charge in [0.2, 0.25) is 0 Å². The minimum absolute atomic E-state index is 0.102. The molecule has 0 radical (unpaired) electrons. The first-order chi connectivity index (χ1) is 56.1. The summed E-state index contributed by atoms with van der Waals surface area (Å²) in [6.45, 7) is 16.5. The summed E-state index contributed by atoms with van der Waals surface area (Å²) in [7, 11) is -1.65. The SMILES string of the molecule is C#Cc1cc(C2=C(C)Cc3c(-c4ccccc4)c(-c4ccccc4)nn3C2=O)ccc1N=NN1CCCCC1.CC1=C(c2ccc(N=NN3CCCCC3)c(C#C[Si](C)(C)C)c2)C(=O)n2nc(-c3ccccc3)c(-c3ccccc3)c2C1.CC1=C(c2ccc3nnccc3c2)C(=O)n2nc(-c3ccccc3)c(-c3ccccc3)c2C1. The van der Waals surface area contributed by atoms with E-state index in [9.17, 15) is 14.4 Å². The maximum absolute atomic E-state index is 14.3. The minimum atomic E-state index is -1.65. The summed E-state index contributed by atoms with van der Waals surface area (Å²) in [5.41, 5.74) is 28.9. The van der Waals surface area contributed by atoms with Gasteiger partial charge in [-0.15, -0.1) is 22.2 Å². The van der Waals surface area contributed by atoms with Crippen LogP contribution in [0.1, 0.15) is 119 Å². The van der Waals surface area contributed by atoms with E-state index in [2.05, 4.69) is 111 Å². The Hall–Kier alpha value is -13.7. The molecule has 0 amide bonds. The third-order valence-electron chi connectivity index (χ3n) is 21.4. The number of fused-ring (bicyclic) bond motifs is 4. The van der Waals surface area contributed by atoms with Gasteiger partial charge in [-0.3, -0.25) is 24.4 Å². The van der Waals surface area contributed by atoms with Crippen LogP contribution in [0.3, 0.4) is 0 Å². The molecule has 2 fully saturated rings. The van der Waals surface area contributed by atoms with Crippen LogP contribution in [0.2, 0.25) is 19.6 Å². The van der Waals surface area contributed by atoms with Crippen LogP contribution >= 0.6 is 0 Å². The Bertz CT molecular complexity index is 6160. The van der Waals surface area contributed by atoms with Crippen molar-refractivity contribution in [1.82, 2.24) is 49.6 Å². The molecule has 0 N–H and O–H groups in total. The van der Waals surface area contributed by atoms with Crippen LogP contribution in [-0.2, 0) is 19.3 Å². The topological polar surface area (TPSA) is 186 Å². The van der Waals surface area contributed by atoms with Gasteiger partial charge < -0.3 is 0 Å². The van der Waals surface area contributed by atoms with Crippen LogP contribution in [0.15, 0.2) is 286 Å². The maximum Gasteiger partial charge on any atom is 0.279 e. The molecule has 18 heteroatoms. The number of hydrogen-bond donors (Lipinski definition) is 0. The number of carbonyl (C=O) groups is 3. The fourth-order valence-electron chi connectivity index (χ4n) is 15.8. The average Bonchev–Trinajstić information content (AvgIpc) is 1.61. The van der Waals surface area contributed by atoms with E-state index in [0.717, 1.165) is 192 Å². The van der Waals surface area contributed by atoms with Gasteiger partial charge in [-0.2, -0.15) is 39.5 Å². The predicted molar refractivity (Wildman–Crippen MR) is 461 cm³/mol. The molecular weight excluding hydrogens is 1440 g/mol. The van der Waals surface area contributed by atoms with Gasteiger partial charge in [-0.25, -0.2) is 0 Å². The molecular formula is C97H86N14O3Si. The van der Waals surface area contributed by atoms with Crippen molar-refractivity contribution in [3.63, 3.8) is 0 Å². The summed E-state index contributed by atoms with van der Waals surface area (Å²) >= 11 is 0. The zero-order chi connectivity index (χ0) is 79.1. The molecule has 5 aliphatic heterocycles. The molecule has 13 aromatic rings. The summed E-state index contributed by atoms with van der Waals surface area (Å²) in [6.07, 6.45) is 16.4. The second-order valence-corrected chi connectivity index (χ2v) is 35.4. The Morgan fingerprint density at radius 2 is 0.722 bits per heavy atom. The van der Waals surface area contributed by atoms with Crippen molar-refractivity contribution in [2.75, 3.05) is 26.2 Å². The quantitative estimate of drug-likeness (QED) is 0.0611. The van der Waals surface area contributed by atoms with E-state index in [1.54, 1.807) is 20.2 Å². The number of nitrogens with zero attached hydrogens (tertiary/aromatic N) is 14. The van der Waals surface area contributed by atoms with Crippen LogP contribution in [0.25, 0.3) is 94.8 Å². The van der Waals surface area contributed by atoms with E-state index in [4.69, 9.17) is 21.7 Å². The first kappa shape index (κ1) is 75.4. The number of hydrogen-bond acceptors (Lipinski definition) is 12. The van der Waals surface area contributed by atoms with Crippen molar-refractivity contribution in [2.24, 2.45) is 20.7 Å². The van der Waals surface area contributed by atoms with Crippen molar-refractivity contribution in [3.8, 4) is 91.0 Å². The molecule has 5 aliphatic rings. The van der Waals surface area contributed by atoms with Crippen molar-refractivity contribution < 1.29 is 14.4 Å². The molecule has 0 saturated carbocycles. The van der Waals surface area contributed by atoms with E-state index in [0.29, 0.717) is 47.2 Å². The molecule has 566 valence electrons. The Morgan fingerprint density at radius 3 is 1.09 bits per heavy atom. The third-order valence-corrected chi connectivity index (χ3v) is 22.3. The molecule has 9 aromatic carbocycles. The van der Waals surface area contributed by atoms with Gasteiger partial charge in [0.25, 0.3) is 17.7 Å². The highest BCUT2D eigenvalue weighted by Gasteiger charge is 2.36. The van der Waals surface area contributed by atoms with Crippen molar-refractivity contribution in [3.05, 3.63) is 310 Å². The summed E-state index contributed by atoms with van der Waals surface area (Å²) in [5.74, 6) is 5.77. The summed E-state index contributed by atoms with van der Waals surface area (Å²) in [4.78, 5) is 42.1. The molecule has 2 saturated heterocycles. The summed E-state index contributed by atoms with van der Waals surface area (Å²) in [5, 5.41) is 45.8. The van der Waals surface area contributed by atoms with Gasteiger partial charge in [0.05, 0.1) is 39.9 Å². The monoisotopic (exact) mass is 1520 g/mol. The maximum atomic E-state index is 14.3. The van der Waals surface area contributed by atoms with Crippen molar-refractivity contribution in [1.29, 1.82) is 0 Å². The Morgan fingerprint density at radius 1 is 0.383 bits per heavy atom. The normalized spacial score (nSPS) is 14.9. The number of benzene rings is 9. The Labute approximate surface area is 671 Å². The smallest absolute Gasteiger partial charge is 0.278 e. The Balaban J connectivity index is 0.000000131. The number of aromatic nitrogens is 8. The van der Waals surface area contributed by atoms with Gasteiger partial charge >= 0.3 is 0 Å². The molecule has 4 aromatic heterocycles. The first-order valence-electron chi connectivity index (χ1n) is 39.4. The third kappa shape index (κ3) is 16.0. The number of carbonyl (C=O) groups excluding carboxylic acids is 3. The van der Waals surface area contributed by atoms with Gasteiger partial charge in [0.1, 0.15) is 36.5 Å². The molecule has 0 atom stereocenters. The van der Waals surface area contributed by atoms with Gasteiger partial charge in [-0.05, 0) is 135 Å². The number of allylic oxidation sites excluding steroid dienone is 6. The van der Waals surface area contributed by atoms with E-state index < -0.39 is 8.07 Å². The minimum Gasteiger partial charge on any atom is -0.278 e. The van der Waals surface area contributed by atoms with Crippen molar-refractivity contribution in [2.45, 2.75) is 98.2 Å². The van der Waals surface area contributed by atoms with E-state index in [1.165, 1.54) is 12.8 Å². The van der Waals surface area contributed by atoms with Crippen LogP contribution in [0.4, 0.5) is 11.4 Å². The first-order valence-corrected chi connectivity index (χ1v) is 42.9. The highest BCUT2D eigenvalue weighted by Crippen LogP contribution is 2.45. The standard InChI is InChI=1S/C36H37N5OSi.C33H29N5O.C28H20N4O/c1-26-24-32-34(27-14-8-5-9-15-27)35(28-16-10-6-11-17-28)38-41(32)36(42)33(26)30-18-19-31(29(25-30)20-23-43(2,3)4)37-39-40-21-12-7-13-22-40;1-3-24-22-27(17-18-28(24)34-36-37-19-11-6-12-20-37)30-23(2)21-29-31(25-13-7-4-8-14-25)32(35-38(29)33(30)39)26-15-9-5-10-16-26;1-18-16-24-26(19-8-4-2-5-9-19)27(20-10-6-3-7-11-20)31-32(24)28(33)25(18)22-12-13-23-21(17-22)14-15-29-30-23/h5-6,8-11,14-19,25H,7,12-13,21-22,24H2,1-4H3;1,4-5,7-10,13-18,22H,6,11-12,19-21H2,2H3;2-15,17H,16H2,1H3. The molecule has 0 unspecified atom stereocenters. The Kier molecular flexibility index (Phi) is 21.8. The van der Waals surface area contributed by atoms with E-state index >= 15 is 0 Å². The highest BCUT2D eigenvalue weighted by molar-refractivity contribution is 6.83. The lowest BCUT2D eigenvalue weighted by molar-refractivity contribution is 0.0950. The highest BCUT2D eigenvalue weighted by atomic mass is 28.3. The van der Waals surface area contributed by atoms with E-state index in [1.807, 2.05) is 230 Å². The van der Waals surface area contributed by atoms with Gasteiger partial charge in [0, 0.05) is 101 Å². The molecule has 9 heterocycles. The molecule has 17 nitrogen and oxygen atoms in total. The largest absolute Gasteiger partial charge is 0.279 e. The number of terminal acetylenes is 1. The van der Waals surface area contributed by atoms with Crippen LogP contribution < -0.4 is 0 Å². The molecule has 0 aliphatic carbocycles. The molecule has 0 spiro atoms. The summed E-state index contributed by atoms with van der Waals surface area (Å²) < 4.78 is 4.79. The molecule has 18 rings (SSSR count). The number of piperidine rings is 2. The van der Waals surface area contributed by atoms with Gasteiger partial charge in [-0.1, -0.05) is 259 Å². The predicted octanol–water partition coefficient (Wildman–Crippen LogP) is 21.8. The van der Waals surface area contributed by atoms with Crippen LogP contribution in [-0.4, -0.2) is 102 Å². The lowest BCUT2D eigenvalue weighted by Gasteiger charge is -2.22. The summed E-state index contributed by atoms with van der Waals surface area (Å²) in [6, 6.07) is 80.1. The zero-order valence-electron chi connectivity index (χ0n) is 65.4. The molecule has 0 bridgehead atoms. The van der Waals surface area contributed by atoms with E-state index in [-0.39, 0.29) is 17.7 Å². The lowest BCUT2D eigenvalue weighted by atomic mass is 9.90.